The van der Waals surface area contributed by atoms with Crippen molar-refractivity contribution in [1.29, 1.82) is 0 Å². The number of hydrogen-bond donors (Lipinski definition) is 0. The molecule has 3 aromatic rings. The molecule has 6 heteroatoms. The molecule has 0 radical (unpaired) electrons. The van der Waals surface area contributed by atoms with Crippen LogP contribution in [0.3, 0.4) is 0 Å². The van der Waals surface area contributed by atoms with Gasteiger partial charge in [-0.1, -0.05) is 25.5 Å². The Hall–Kier alpha value is -2.47. The monoisotopic (exact) mass is 380 g/mol. The van der Waals surface area contributed by atoms with Gasteiger partial charge in [-0.3, -0.25) is 9.69 Å². The molecule has 0 saturated carbocycles. The van der Waals surface area contributed by atoms with E-state index < -0.39 is 0 Å². The quantitative estimate of drug-likeness (QED) is 0.674. The second kappa shape index (κ2) is 7.27. The summed E-state index contributed by atoms with van der Waals surface area (Å²) in [6, 6.07) is 9.90. The maximum atomic E-state index is 13.4. The smallest absolute Gasteiger partial charge is 0.269 e. The van der Waals surface area contributed by atoms with Crippen molar-refractivity contribution in [2.24, 2.45) is 0 Å². The summed E-state index contributed by atoms with van der Waals surface area (Å²) >= 11 is 1.59. The first-order valence-electron chi connectivity index (χ1n) is 9.47. The number of aryl methyl sites for hydroxylation is 2. The van der Waals surface area contributed by atoms with Crippen LogP contribution in [0.4, 0.5) is 11.6 Å². The molecule has 0 atom stereocenters. The van der Waals surface area contributed by atoms with Gasteiger partial charge in [0.05, 0.1) is 15.9 Å². The van der Waals surface area contributed by atoms with Crippen LogP contribution in [0.25, 0.3) is 11.0 Å². The second-order valence-corrected chi connectivity index (χ2v) is 8.29. The van der Waals surface area contributed by atoms with Crippen LogP contribution in [-0.2, 0) is 6.42 Å². The highest BCUT2D eigenvalue weighted by Crippen LogP contribution is 2.33. The van der Waals surface area contributed by atoms with Gasteiger partial charge in [0.2, 0.25) is 0 Å². The zero-order valence-corrected chi connectivity index (χ0v) is 16.8. The average Bonchev–Trinajstić information content (AvgIpc) is 2.96. The second-order valence-electron chi connectivity index (χ2n) is 7.03. The lowest BCUT2D eigenvalue weighted by molar-refractivity contribution is 0.0990. The molecule has 0 unspecified atom stereocenters. The van der Waals surface area contributed by atoms with Gasteiger partial charge in [0.1, 0.15) is 0 Å². The molecule has 27 heavy (non-hydrogen) atoms. The number of hydrogen-bond acceptors (Lipinski definition) is 5. The molecule has 1 aromatic carbocycles. The van der Waals surface area contributed by atoms with Crippen molar-refractivity contribution >= 4 is 39.9 Å². The summed E-state index contributed by atoms with van der Waals surface area (Å²) < 4.78 is 0. The van der Waals surface area contributed by atoms with Crippen LogP contribution in [0.5, 0.6) is 0 Å². The third-order valence-electron chi connectivity index (χ3n) is 5.02. The van der Waals surface area contributed by atoms with Crippen molar-refractivity contribution in [1.82, 2.24) is 9.97 Å². The molecule has 1 aliphatic rings. The fourth-order valence-corrected chi connectivity index (χ4v) is 4.59. The van der Waals surface area contributed by atoms with Gasteiger partial charge in [-0.2, -0.15) is 0 Å². The van der Waals surface area contributed by atoms with Crippen LogP contribution in [-0.4, -0.2) is 36.0 Å². The molecule has 0 bridgehead atoms. The molecule has 0 fully saturated rings. The van der Waals surface area contributed by atoms with Gasteiger partial charge in [-0.15, -0.1) is 11.3 Å². The van der Waals surface area contributed by atoms with Gasteiger partial charge in [0.15, 0.2) is 11.6 Å². The molecule has 0 saturated heterocycles. The minimum atomic E-state index is 0.0339. The van der Waals surface area contributed by atoms with E-state index in [0.717, 1.165) is 47.5 Å². The van der Waals surface area contributed by atoms with E-state index in [1.807, 2.05) is 36.2 Å². The van der Waals surface area contributed by atoms with Gasteiger partial charge in [-0.25, -0.2) is 9.97 Å². The van der Waals surface area contributed by atoms with Crippen LogP contribution < -0.4 is 9.80 Å². The number of rotatable bonds is 3. The third-order valence-corrected chi connectivity index (χ3v) is 6.10. The van der Waals surface area contributed by atoms with Gasteiger partial charge < -0.3 is 4.90 Å². The third kappa shape index (κ3) is 3.30. The van der Waals surface area contributed by atoms with Crippen molar-refractivity contribution < 1.29 is 4.79 Å². The molecule has 4 rings (SSSR count). The van der Waals surface area contributed by atoms with E-state index in [2.05, 4.69) is 24.8 Å². The number of carbonyl (C=O) groups is 1. The lowest BCUT2D eigenvalue weighted by Crippen LogP contribution is -2.32. The number of aromatic nitrogens is 2. The van der Waals surface area contributed by atoms with E-state index in [9.17, 15) is 4.79 Å². The Morgan fingerprint density at radius 1 is 1.15 bits per heavy atom. The minimum Gasteiger partial charge on any atom is -0.357 e. The predicted octanol–water partition coefficient (Wildman–Crippen LogP) is 4.44. The Labute approximate surface area is 163 Å². The number of benzene rings is 1. The number of amides is 1. The first-order valence-corrected chi connectivity index (χ1v) is 10.3. The highest BCUT2D eigenvalue weighted by Gasteiger charge is 2.28. The summed E-state index contributed by atoms with van der Waals surface area (Å²) in [6.07, 6.45) is 2.99. The topological polar surface area (TPSA) is 49.3 Å². The minimum absolute atomic E-state index is 0.0339. The lowest BCUT2D eigenvalue weighted by Gasteiger charge is -2.22. The predicted molar refractivity (Wildman–Crippen MR) is 112 cm³/mol. The number of para-hydroxylation sites is 2. The zero-order valence-electron chi connectivity index (χ0n) is 16.0. The molecule has 5 nitrogen and oxygen atoms in total. The van der Waals surface area contributed by atoms with E-state index in [1.165, 1.54) is 10.4 Å². The van der Waals surface area contributed by atoms with Crippen LogP contribution >= 0.6 is 11.3 Å². The molecular formula is C21H24N4OS. The molecule has 3 heterocycles. The van der Waals surface area contributed by atoms with Crippen LogP contribution in [0.1, 0.15) is 39.9 Å². The number of carbonyl (C=O) groups excluding carboxylic acids is 1. The van der Waals surface area contributed by atoms with Crippen LogP contribution in [0.2, 0.25) is 0 Å². The van der Waals surface area contributed by atoms with Crippen LogP contribution in [0, 0.1) is 6.92 Å². The normalized spacial score (nSPS) is 14.3. The van der Waals surface area contributed by atoms with Crippen LogP contribution in [0.15, 0.2) is 30.3 Å². The summed E-state index contributed by atoms with van der Waals surface area (Å²) in [5.74, 6) is 1.48. The SMILES string of the molecule is CCCc1cc(C(=O)N2CCCN(C)c3nc4ccccc4nc32)sc1C. The van der Waals surface area contributed by atoms with Gasteiger partial charge in [0.25, 0.3) is 5.91 Å². The number of nitrogens with zero attached hydrogens (tertiary/aromatic N) is 4. The van der Waals surface area contributed by atoms with Gasteiger partial charge >= 0.3 is 0 Å². The number of anilines is 2. The standard InChI is InChI=1S/C21H24N4OS/c1-4-8-15-13-18(27-14(15)2)21(26)25-12-7-11-24(3)19-20(25)23-17-10-6-5-9-16(17)22-19/h5-6,9-10,13H,4,7-8,11-12H2,1-3H3. The molecule has 140 valence electrons. The van der Waals surface area contributed by atoms with Crippen molar-refractivity contribution in [3.05, 3.63) is 45.6 Å². The summed E-state index contributed by atoms with van der Waals surface area (Å²) in [5.41, 5.74) is 2.95. The van der Waals surface area contributed by atoms with E-state index >= 15 is 0 Å². The zero-order chi connectivity index (χ0) is 19.0. The summed E-state index contributed by atoms with van der Waals surface area (Å²) in [6.45, 7) is 5.78. The Bertz CT molecular complexity index is 997. The maximum Gasteiger partial charge on any atom is 0.269 e. The molecule has 2 aromatic heterocycles. The van der Waals surface area contributed by atoms with Crippen molar-refractivity contribution in [2.75, 3.05) is 29.9 Å². The molecule has 1 aliphatic heterocycles. The largest absolute Gasteiger partial charge is 0.357 e. The Morgan fingerprint density at radius 2 is 1.85 bits per heavy atom. The maximum absolute atomic E-state index is 13.4. The van der Waals surface area contributed by atoms with E-state index in [4.69, 9.17) is 9.97 Å². The first-order chi connectivity index (χ1) is 13.1. The summed E-state index contributed by atoms with van der Waals surface area (Å²) in [5, 5.41) is 0. The molecule has 0 N–H and O–H groups in total. The summed E-state index contributed by atoms with van der Waals surface area (Å²) in [4.78, 5) is 29.0. The summed E-state index contributed by atoms with van der Waals surface area (Å²) in [7, 11) is 2.02. The lowest BCUT2D eigenvalue weighted by atomic mass is 10.1. The number of thiophene rings is 1. The molecule has 0 aliphatic carbocycles. The van der Waals surface area contributed by atoms with Gasteiger partial charge in [0, 0.05) is 25.0 Å². The van der Waals surface area contributed by atoms with Gasteiger partial charge in [-0.05, 0) is 43.5 Å². The highest BCUT2D eigenvalue weighted by atomic mass is 32.1. The van der Waals surface area contributed by atoms with E-state index in [-0.39, 0.29) is 5.91 Å². The average molecular weight is 381 g/mol. The highest BCUT2D eigenvalue weighted by molar-refractivity contribution is 7.14. The Balaban J connectivity index is 1.79. The van der Waals surface area contributed by atoms with E-state index in [1.54, 1.807) is 11.3 Å². The molecule has 0 spiro atoms. The molecule has 1 amide bonds. The van der Waals surface area contributed by atoms with Crippen molar-refractivity contribution in [3.63, 3.8) is 0 Å². The number of fused-ring (bicyclic) bond motifs is 2. The van der Waals surface area contributed by atoms with Crippen molar-refractivity contribution in [2.45, 2.75) is 33.1 Å². The molecular weight excluding hydrogens is 356 g/mol. The Kier molecular flexibility index (Phi) is 4.83. The first kappa shape index (κ1) is 17.9. The fourth-order valence-electron chi connectivity index (χ4n) is 3.57. The Morgan fingerprint density at radius 3 is 2.56 bits per heavy atom. The van der Waals surface area contributed by atoms with Crippen molar-refractivity contribution in [3.8, 4) is 0 Å². The van der Waals surface area contributed by atoms with E-state index in [0.29, 0.717) is 12.4 Å². The fraction of sp³-hybridized carbons (Fsp3) is 0.381.